The van der Waals surface area contributed by atoms with Gasteiger partial charge >= 0.3 is 0 Å². The van der Waals surface area contributed by atoms with Gasteiger partial charge in [0.2, 0.25) is 0 Å². The largest absolute Gasteiger partial charge is 0.496 e. The van der Waals surface area contributed by atoms with Gasteiger partial charge in [-0.05, 0) is 75.9 Å². The van der Waals surface area contributed by atoms with Gasteiger partial charge in [-0.2, -0.15) is 5.10 Å². The van der Waals surface area contributed by atoms with Crippen LogP contribution in [0.2, 0.25) is 5.02 Å². The number of nitrogens with zero attached hydrogens (tertiary/aromatic N) is 3. The molecule has 0 N–H and O–H groups in total. The van der Waals surface area contributed by atoms with Crippen LogP contribution in [0.4, 0.5) is 0 Å². The number of aryl methyl sites for hydroxylation is 2. The Hall–Kier alpha value is -2.79. The van der Waals surface area contributed by atoms with Crippen molar-refractivity contribution >= 4 is 17.5 Å². The van der Waals surface area contributed by atoms with Crippen molar-refractivity contribution in [3.05, 3.63) is 63.8 Å². The topological polar surface area (TPSA) is 47.4 Å². The highest BCUT2D eigenvalue weighted by Gasteiger charge is 2.33. The van der Waals surface area contributed by atoms with Crippen molar-refractivity contribution in [2.45, 2.75) is 46.1 Å². The molecule has 162 valence electrons. The number of hydrogen-bond donors (Lipinski definition) is 0. The molecule has 0 saturated carbocycles. The molecule has 1 amide bonds. The zero-order valence-electron chi connectivity index (χ0n) is 18.9. The Labute approximate surface area is 188 Å². The molecule has 0 aliphatic heterocycles. The third kappa shape index (κ3) is 3.61. The van der Waals surface area contributed by atoms with Gasteiger partial charge in [0, 0.05) is 23.7 Å². The second-order valence-electron chi connectivity index (χ2n) is 9.05. The number of carbonyl (C=O) groups is 1. The number of para-hydroxylation sites is 1. The van der Waals surface area contributed by atoms with E-state index in [-0.39, 0.29) is 11.4 Å². The first kappa shape index (κ1) is 21.4. The first-order chi connectivity index (χ1) is 14.6. The maximum Gasteiger partial charge on any atom is 0.274 e. The standard InChI is InChI=1S/C25H28ClN3O2/c1-15-13-18-16(14-21(15)31-6)11-12-17-22(24(30)28(5)25(2,3)4)27-29(23(17)18)20-10-8-7-9-19(20)26/h7-10,13-14H,11-12H2,1-6H3. The Morgan fingerprint density at radius 2 is 1.90 bits per heavy atom. The van der Waals surface area contributed by atoms with E-state index in [0.717, 1.165) is 46.7 Å². The summed E-state index contributed by atoms with van der Waals surface area (Å²) in [5, 5.41) is 5.43. The number of carbonyl (C=O) groups excluding carboxylic acids is 1. The molecule has 1 aliphatic carbocycles. The molecule has 4 rings (SSSR count). The van der Waals surface area contributed by atoms with E-state index < -0.39 is 0 Å². The number of amides is 1. The van der Waals surface area contributed by atoms with E-state index in [0.29, 0.717) is 10.7 Å². The zero-order valence-corrected chi connectivity index (χ0v) is 19.7. The van der Waals surface area contributed by atoms with Crippen LogP contribution < -0.4 is 4.74 Å². The van der Waals surface area contributed by atoms with E-state index in [9.17, 15) is 4.79 Å². The summed E-state index contributed by atoms with van der Waals surface area (Å²) in [6.07, 6.45) is 1.56. The molecule has 31 heavy (non-hydrogen) atoms. The number of rotatable bonds is 3. The van der Waals surface area contributed by atoms with Gasteiger partial charge in [-0.1, -0.05) is 23.7 Å². The molecule has 0 atom stereocenters. The average molecular weight is 438 g/mol. The Bertz CT molecular complexity index is 1170. The molecule has 1 heterocycles. The third-order valence-electron chi connectivity index (χ3n) is 6.10. The van der Waals surface area contributed by atoms with Crippen LogP contribution in [-0.4, -0.2) is 40.3 Å². The number of aromatic nitrogens is 2. The van der Waals surface area contributed by atoms with Crippen LogP contribution in [0.15, 0.2) is 36.4 Å². The summed E-state index contributed by atoms with van der Waals surface area (Å²) in [7, 11) is 3.52. The molecular weight excluding hydrogens is 410 g/mol. The van der Waals surface area contributed by atoms with E-state index in [1.165, 1.54) is 5.56 Å². The van der Waals surface area contributed by atoms with Gasteiger partial charge in [0.05, 0.1) is 23.5 Å². The highest BCUT2D eigenvalue weighted by atomic mass is 35.5. The van der Waals surface area contributed by atoms with Gasteiger partial charge in [-0.25, -0.2) is 4.68 Å². The molecule has 1 aromatic heterocycles. The summed E-state index contributed by atoms with van der Waals surface area (Å²) in [6, 6.07) is 11.8. The maximum absolute atomic E-state index is 13.5. The molecule has 0 unspecified atom stereocenters. The summed E-state index contributed by atoms with van der Waals surface area (Å²) in [6.45, 7) is 8.09. The Balaban J connectivity index is 1.99. The lowest BCUT2D eigenvalue weighted by Crippen LogP contribution is -2.43. The fourth-order valence-corrected chi connectivity index (χ4v) is 4.25. The SMILES string of the molecule is COc1cc2c(cc1C)-c1c(c(C(=O)N(C)C(C)(C)C)nn1-c1ccccc1Cl)CC2. The van der Waals surface area contributed by atoms with Crippen molar-refractivity contribution in [2.24, 2.45) is 0 Å². The summed E-state index contributed by atoms with van der Waals surface area (Å²) < 4.78 is 7.38. The molecular formula is C25H28ClN3O2. The summed E-state index contributed by atoms with van der Waals surface area (Å²) >= 11 is 6.56. The van der Waals surface area contributed by atoms with Crippen molar-refractivity contribution < 1.29 is 9.53 Å². The Kier molecular flexibility index (Phi) is 5.34. The second kappa shape index (κ2) is 7.72. The number of methoxy groups -OCH3 is 1. The van der Waals surface area contributed by atoms with E-state index in [4.69, 9.17) is 21.4 Å². The van der Waals surface area contributed by atoms with Crippen molar-refractivity contribution in [1.29, 1.82) is 0 Å². The Morgan fingerprint density at radius 3 is 2.55 bits per heavy atom. The van der Waals surface area contributed by atoms with Crippen LogP contribution in [0.25, 0.3) is 16.9 Å². The van der Waals surface area contributed by atoms with Crippen LogP contribution in [0.5, 0.6) is 5.75 Å². The molecule has 1 aliphatic rings. The fourth-order valence-electron chi connectivity index (χ4n) is 4.03. The zero-order chi connectivity index (χ0) is 22.5. The van der Waals surface area contributed by atoms with E-state index in [2.05, 4.69) is 12.1 Å². The van der Waals surface area contributed by atoms with Gasteiger partial charge < -0.3 is 9.64 Å². The predicted octanol–water partition coefficient (Wildman–Crippen LogP) is 5.48. The Morgan fingerprint density at radius 1 is 1.19 bits per heavy atom. The molecule has 0 bridgehead atoms. The quantitative estimate of drug-likeness (QED) is 0.545. The second-order valence-corrected chi connectivity index (χ2v) is 9.46. The summed E-state index contributed by atoms with van der Waals surface area (Å²) in [5.41, 5.74) is 6.15. The van der Waals surface area contributed by atoms with E-state index in [1.807, 2.05) is 63.7 Å². The molecule has 0 fully saturated rings. The number of halogens is 1. The van der Waals surface area contributed by atoms with Gasteiger partial charge in [0.15, 0.2) is 5.69 Å². The minimum Gasteiger partial charge on any atom is -0.496 e. The van der Waals surface area contributed by atoms with Crippen LogP contribution in [-0.2, 0) is 12.8 Å². The van der Waals surface area contributed by atoms with E-state index >= 15 is 0 Å². The molecule has 6 heteroatoms. The monoisotopic (exact) mass is 437 g/mol. The minimum atomic E-state index is -0.311. The first-order valence-electron chi connectivity index (χ1n) is 10.5. The van der Waals surface area contributed by atoms with Crippen LogP contribution >= 0.6 is 11.6 Å². The summed E-state index contributed by atoms with van der Waals surface area (Å²) in [5.74, 6) is 0.790. The smallest absolute Gasteiger partial charge is 0.274 e. The highest BCUT2D eigenvalue weighted by molar-refractivity contribution is 6.32. The van der Waals surface area contributed by atoms with Crippen molar-refractivity contribution in [1.82, 2.24) is 14.7 Å². The number of hydrogen-bond acceptors (Lipinski definition) is 3. The lowest BCUT2D eigenvalue weighted by atomic mass is 9.87. The van der Waals surface area contributed by atoms with Gasteiger partial charge in [0.1, 0.15) is 5.75 Å². The first-order valence-corrected chi connectivity index (χ1v) is 10.8. The van der Waals surface area contributed by atoms with Crippen molar-refractivity contribution in [3.8, 4) is 22.7 Å². The number of fused-ring (bicyclic) bond motifs is 3. The normalized spacial score (nSPS) is 12.9. The highest BCUT2D eigenvalue weighted by Crippen LogP contribution is 2.41. The minimum absolute atomic E-state index is 0.0803. The molecule has 3 aromatic rings. The average Bonchev–Trinajstić information content (AvgIpc) is 3.11. The molecule has 0 saturated heterocycles. The van der Waals surface area contributed by atoms with Crippen LogP contribution in [0.1, 0.15) is 48.0 Å². The summed E-state index contributed by atoms with van der Waals surface area (Å²) in [4.78, 5) is 15.2. The van der Waals surface area contributed by atoms with E-state index in [1.54, 1.807) is 12.0 Å². The van der Waals surface area contributed by atoms with Crippen LogP contribution in [0, 0.1) is 6.92 Å². The molecule has 0 radical (unpaired) electrons. The molecule has 5 nitrogen and oxygen atoms in total. The van der Waals surface area contributed by atoms with Crippen LogP contribution in [0.3, 0.4) is 0 Å². The predicted molar refractivity (Wildman–Crippen MR) is 125 cm³/mol. The molecule has 0 spiro atoms. The maximum atomic E-state index is 13.5. The lowest BCUT2D eigenvalue weighted by molar-refractivity contribution is 0.0648. The van der Waals surface area contributed by atoms with Gasteiger partial charge in [-0.15, -0.1) is 0 Å². The lowest BCUT2D eigenvalue weighted by Gasteiger charge is -2.31. The van der Waals surface area contributed by atoms with Crippen molar-refractivity contribution in [3.63, 3.8) is 0 Å². The number of benzene rings is 2. The van der Waals surface area contributed by atoms with Crippen molar-refractivity contribution in [2.75, 3.05) is 14.2 Å². The van der Waals surface area contributed by atoms with Gasteiger partial charge in [-0.3, -0.25) is 4.79 Å². The van der Waals surface area contributed by atoms with Gasteiger partial charge in [0.25, 0.3) is 5.91 Å². The third-order valence-corrected chi connectivity index (χ3v) is 6.42. The number of ether oxygens (including phenoxy) is 1. The fraction of sp³-hybridized carbons (Fsp3) is 0.360. The molecule has 2 aromatic carbocycles.